The van der Waals surface area contributed by atoms with E-state index in [0.717, 1.165) is 30.2 Å². The highest BCUT2D eigenvalue weighted by Crippen LogP contribution is 2.20. The number of amides is 1. The van der Waals surface area contributed by atoms with E-state index in [0.29, 0.717) is 0 Å². The summed E-state index contributed by atoms with van der Waals surface area (Å²) in [6, 6.07) is 0.309. The van der Waals surface area contributed by atoms with Crippen LogP contribution in [-0.4, -0.2) is 37.5 Å². The number of thiophene rings is 1. The monoisotopic (exact) mass is 318 g/mol. The van der Waals surface area contributed by atoms with Gasteiger partial charge in [0, 0.05) is 11.4 Å². The van der Waals surface area contributed by atoms with E-state index in [4.69, 9.17) is 5.11 Å². The Bertz CT molecular complexity index is 633. The first-order chi connectivity index (χ1) is 9.29. The lowest BCUT2D eigenvalue weighted by Crippen LogP contribution is -2.45. The first-order valence-electron chi connectivity index (χ1n) is 5.94. The van der Waals surface area contributed by atoms with Crippen LogP contribution >= 0.6 is 11.3 Å². The highest BCUT2D eigenvalue weighted by molar-refractivity contribution is 7.89. The van der Waals surface area contributed by atoms with Crippen molar-refractivity contribution in [2.24, 2.45) is 0 Å². The van der Waals surface area contributed by atoms with Gasteiger partial charge in [0.05, 0.1) is 10.9 Å². The largest absolute Gasteiger partial charge is 0.477 e. The quantitative estimate of drug-likeness (QED) is 0.702. The summed E-state index contributed by atoms with van der Waals surface area (Å²) in [7, 11) is -3.90. The average molecular weight is 318 g/mol. The van der Waals surface area contributed by atoms with Crippen LogP contribution in [0.4, 0.5) is 0 Å². The number of carboxylic acid groups (broad SMARTS) is 1. The fourth-order valence-electron chi connectivity index (χ4n) is 1.48. The van der Waals surface area contributed by atoms with Crippen molar-refractivity contribution in [3.05, 3.63) is 16.3 Å². The molecular formula is C11H14N2O5S2. The third kappa shape index (κ3) is 3.56. The molecule has 1 aliphatic rings. The maximum Gasteiger partial charge on any atom is 0.345 e. The van der Waals surface area contributed by atoms with Gasteiger partial charge in [-0.3, -0.25) is 4.79 Å². The van der Waals surface area contributed by atoms with E-state index in [2.05, 4.69) is 10.0 Å². The lowest BCUT2D eigenvalue weighted by atomic mass is 10.3. The van der Waals surface area contributed by atoms with Gasteiger partial charge in [-0.15, -0.1) is 11.3 Å². The van der Waals surface area contributed by atoms with E-state index in [1.165, 1.54) is 12.3 Å². The van der Waals surface area contributed by atoms with Crippen LogP contribution in [0.1, 0.15) is 29.4 Å². The Labute approximate surface area is 120 Å². The molecule has 2 rings (SSSR count). The standard InChI is InChI=1S/C11H14N2O5S2/c1-6(10(14)12-7-2-3-7)13-20(17,18)8-4-9(11(15)16)19-5-8/h4-7,13H,2-3H2,1H3,(H,12,14)(H,15,16). The van der Waals surface area contributed by atoms with Crippen molar-refractivity contribution in [1.82, 2.24) is 10.0 Å². The molecule has 1 aliphatic carbocycles. The molecule has 0 spiro atoms. The minimum Gasteiger partial charge on any atom is -0.477 e. The highest BCUT2D eigenvalue weighted by Gasteiger charge is 2.28. The molecule has 0 saturated heterocycles. The number of carbonyl (C=O) groups excluding carboxylic acids is 1. The fourth-order valence-corrected chi connectivity index (χ4v) is 3.79. The van der Waals surface area contributed by atoms with Crippen LogP contribution in [0.25, 0.3) is 0 Å². The number of hydrogen-bond acceptors (Lipinski definition) is 5. The summed E-state index contributed by atoms with van der Waals surface area (Å²) >= 11 is 0.821. The zero-order valence-corrected chi connectivity index (χ0v) is 12.3. The molecule has 0 aliphatic heterocycles. The lowest BCUT2D eigenvalue weighted by Gasteiger charge is -2.13. The Balaban J connectivity index is 2.05. The Kier molecular flexibility index (Phi) is 4.11. The van der Waals surface area contributed by atoms with Crippen LogP contribution in [0.15, 0.2) is 16.3 Å². The second-order valence-electron chi connectivity index (χ2n) is 4.58. The zero-order chi connectivity index (χ0) is 14.9. The van der Waals surface area contributed by atoms with E-state index >= 15 is 0 Å². The molecule has 0 bridgehead atoms. The second-order valence-corrected chi connectivity index (χ2v) is 7.20. The summed E-state index contributed by atoms with van der Waals surface area (Å²) in [5.74, 6) is -1.57. The molecule has 1 aromatic heterocycles. The number of aromatic carboxylic acids is 1. The summed E-state index contributed by atoms with van der Waals surface area (Å²) in [5, 5.41) is 12.7. The first kappa shape index (κ1) is 14.9. The normalized spacial score (nSPS) is 16.6. The molecule has 110 valence electrons. The second kappa shape index (κ2) is 5.51. The number of nitrogens with one attached hydrogen (secondary N) is 2. The van der Waals surface area contributed by atoms with E-state index in [-0.39, 0.29) is 21.7 Å². The van der Waals surface area contributed by atoms with Crippen LogP contribution in [0, 0.1) is 0 Å². The van der Waals surface area contributed by atoms with Gasteiger partial charge >= 0.3 is 5.97 Å². The van der Waals surface area contributed by atoms with Crippen molar-refractivity contribution < 1.29 is 23.1 Å². The Morgan fingerprint density at radius 3 is 2.60 bits per heavy atom. The van der Waals surface area contributed by atoms with E-state index in [1.54, 1.807) is 0 Å². The van der Waals surface area contributed by atoms with E-state index in [9.17, 15) is 18.0 Å². The van der Waals surface area contributed by atoms with Gasteiger partial charge in [-0.05, 0) is 25.8 Å². The molecule has 0 radical (unpaired) electrons. The summed E-state index contributed by atoms with van der Waals surface area (Å²) in [5.41, 5.74) is 0. The van der Waals surface area contributed by atoms with E-state index < -0.39 is 22.0 Å². The van der Waals surface area contributed by atoms with Gasteiger partial charge in [-0.25, -0.2) is 13.2 Å². The SMILES string of the molecule is CC(NS(=O)(=O)c1csc(C(=O)O)c1)C(=O)NC1CC1. The zero-order valence-electron chi connectivity index (χ0n) is 10.6. The van der Waals surface area contributed by atoms with E-state index in [1.807, 2.05) is 0 Å². The fraction of sp³-hybridized carbons (Fsp3) is 0.455. The lowest BCUT2D eigenvalue weighted by molar-refractivity contribution is -0.122. The van der Waals surface area contributed by atoms with Gasteiger partial charge in [-0.2, -0.15) is 4.72 Å². The molecular weight excluding hydrogens is 304 g/mol. The van der Waals surface area contributed by atoms with Crippen LogP contribution < -0.4 is 10.0 Å². The van der Waals surface area contributed by atoms with Crippen molar-refractivity contribution in [2.75, 3.05) is 0 Å². The topological polar surface area (TPSA) is 113 Å². The predicted octanol–water partition coefficient (Wildman–Crippen LogP) is 0.392. The molecule has 9 heteroatoms. The Hall–Kier alpha value is -1.45. The predicted molar refractivity (Wildman–Crippen MR) is 72.2 cm³/mol. The van der Waals surface area contributed by atoms with Gasteiger partial charge in [0.1, 0.15) is 4.88 Å². The number of sulfonamides is 1. The van der Waals surface area contributed by atoms with Gasteiger partial charge in [0.25, 0.3) is 0 Å². The molecule has 1 heterocycles. The van der Waals surface area contributed by atoms with Gasteiger partial charge < -0.3 is 10.4 Å². The molecule has 0 aromatic carbocycles. The van der Waals surface area contributed by atoms with Crippen LogP contribution in [-0.2, 0) is 14.8 Å². The van der Waals surface area contributed by atoms with Gasteiger partial charge in [0.2, 0.25) is 15.9 Å². The number of carboxylic acids is 1. The van der Waals surface area contributed by atoms with Crippen molar-refractivity contribution in [2.45, 2.75) is 36.7 Å². The molecule has 1 saturated carbocycles. The third-order valence-corrected chi connectivity index (χ3v) is 5.33. The smallest absolute Gasteiger partial charge is 0.345 e. The third-order valence-electron chi connectivity index (χ3n) is 2.75. The summed E-state index contributed by atoms with van der Waals surface area (Å²) < 4.78 is 26.2. The van der Waals surface area contributed by atoms with Crippen molar-refractivity contribution >= 4 is 33.2 Å². The van der Waals surface area contributed by atoms with Gasteiger partial charge in [0.15, 0.2) is 0 Å². The summed E-state index contributed by atoms with van der Waals surface area (Å²) in [6.07, 6.45) is 1.83. The summed E-state index contributed by atoms with van der Waals surface area (Å²) in [6.45, 7) is 1.44. The van der Waals surface area contributed by atoms with Crippen LogP contribution in [0.3, 0.4) is 0 Å². The minimum absolute atomic E-state index is 0.0690. The number of rotatable bonds is 6. The Morgan fingerprint density at radius 1 is 1.45 bits per heavy atom. The van der Waals surface area contributed by atoms with Crippen LogP contribution in [0.5, 0.6) is 0 Å². The average Bonchev–Trinajstić information content (AvgIpc) is 3.00. The van der Waals surface area contributed by atoms with Crippen molar-refractivity contribution in [3.63, 3.8) is 0 Å². The molecule has 20 heavy (non-hydrogen) atoms. The summed E-state index contributed by atoms with van der Waals surface area (Å²) in [4.78, 5) is 22.2. The molecule has 1 fully saturated rings. The van der Waals surface area contributed by atoms with Crippen molar-refractivity contribution in [3.8, 4) is 0 Å². The highest BCUT2D eigenvalue weighted by atomic mass is 32.2. The molecule has 3 N–H and O–H groups in total. The number of carbonyl (C=O) groups is 2. The maximum absolute atomic E-state index is 12.0. The molecule has 1 atom stereocenters. The molecule has 1 amide bonds. The van der Waals surface area contributed by atoms with Gasteiger partial charge in [-0.1, -0.05) is 0 Å². The minimum atomic E-state index is -3.90. The first-order valence-corrected chi connectivity index (χ1v) is 8.30. The molecule has 1 unspecified atom stereocenters. The maximum atomic E-state index is 12.0. The van der Waals surface area contributed by atoms with Crippen molar-refractivity contribution in [1.29, 1.82) is 0 Å². The van der Waals surface area contributed by atoms with Crippen LogP contribution in [0.2, 0.25) is 0 Å². The Morgan fingerprint density at radius 2 is 2.10 bits per heavy atom. The molecule has 7 nitrogen and oxygen atoms in total. The number of hydrogen-bond donors (Lipinski definition) is 3. The molecule has 1 aromatic rings.